The Balaban J connectivity index is 1.65. The molecule has 0 amide bonds. The van der Waals surface area contributed by atoms with Gasteiger partial charge in [-0.15, -0.1) is 0 Å². The Morgan fingerprint density at radius 3 is 2.51 bits per heavy atom. The van der Waals surface area contributed by atoms with Crippen molar-refractivity contribution in [2.45, 2.75) is 13.0 Å². The molecule has 0 saturated heterocycles. The number of nitrogens with two attached hydrogens (primary N) is 1. The summed E-state index contributed by atoms with van der Waals surface area (Å²) in [5, 5.41) is 5.17. The van der Waals surface area contributed by atoms with E-state index in [4.69, 9.17) is 17.3 Å². The Morgan fingerprint density at radius 2 is 1.76 bits per heavy atom. The quantitative estimate of drug-likeness (QED) is 0.294. The van der Waals surface area contributed by atoms with Crippen LogP contribution in [0.25, 0.3) is 27.6 Å². The summed E-state index contributed by atoms with van der Waals surface area (Å²) in [5.74, 6) is 0.738. The fourth-order valence-electron chi connectivity index (χ4n) is 4.45. The van der Waals surface area contributed by atoms with Crippen molar-refractivity contribution in [3.05, 3.63) is 106 Å². The number of anilines is 3. The van der Waals surface area contributed by atoms with Crippen molar-refractivity contribution >= 4 is 39.8 Å². The van der Waals surface area contributed by atoms with Gasteiger partial charge < -0.3 is 16.0 Å². The van der Waals surface area contributed by atoms with E-state index < -0.39 is 0 Å². The first kappa shape index (κ1) is 24.3. The molecule has 5 aromatic rings. The van der Waals surface area contributed by atoms with Crippen molar-refractivity contribution in [1.82, 2.24) is 14.5 Å². The van der Waals surface area contributed by atoms with Crippen molar-refractivity contribution < 1.29 is 0 Å². The molecule has 2 aromatic heterocycles. The molecule has 0 unspecified atom stereocenters. The zero-order valence-electron chi connectivity index (χ0n) is 20.8. The number of nitrogens with zero attached hydrogens (tertiary/aromatic N) is 4. The number of nitrogens with one attached hydrogen (secondary N) is 1. The molecule has 0 radical (unpaired) electrons. The third-order valence-electron chi connectivity index (χ3n) is 6.32. The lowest BCUT2D eigenvalue weighted by Gasteiger charge is -2.23. The number of pyridine rings is 1. The van der Waals surface area contributed by atoms with Crippen molar-refractivity contribution in [3.63, 3.8) is 0 Å². The van der Waals surface area contributed by atoms with E-state index in [0.717, 1.165) is 33.6 Å². The predicted octanol–water partition coefficient (Wildman–Crippen LogP) is 5.92. The highest BCUT2D eigenvalue weighted by Crippen LogP contribution is 2.32. The minimum atomic E-state index is -0.318. The zero-order valence-corrected chi connectivity index (χ0v) is 21.6. The first-order valence-electron chi connectivity index (χ1n) is 11.9. The van der Waals surface area contributed by atoms with E-state index in [1.54, 1.807) is 16.8 Å². The van der Waals surface area contributed by atoms with Gasteiger partial charge in [-0.1, -0.05) is 54.1 Å². The SMILES string of the molecule is C[C@H](Nc1nc(N)ncc1-c1cccc(N(C)C)c1)c1cc2cccc(Cl)c2c(=O)n1-c1ccccc1. The van der Waals surface area contributed by atoms with Gasteiger partial charge in [-0.3, -0.25) is 9.36 Å². The highest BCUT2D eigenvalue weighted by Gasteiger charge is 2.20. The summed E-state index contributed by atoms with van der Waals surface area (Å²) in [7, 11) is 3.99. The first-order chi connectivity index (χ1) is 17.8. The molecule has 0 saturated carbocycles. The molecule has 186 valence electrons. The number of fused-ring (bicyclic) bond motifs is 1. The van der Waals surface area contributed by atoms with E-state index in [2.05, 4.69) is 21.4 Å². The minimum Gasteiger partial charge on any atom is -0.378 e. The number of para-hydroxylation sites is 1. The maximum atomic E-state index is 13.8. The Labute approximate surface area is 220 Å². The van der Waals surface area contributed by atoms with Gasteiger partial charge >= 0.3 is 0 Å². The van der Waals surface area contributed by atoms with Crippen LogP contribution in [0.3, 0.4) is 0 Å². The van der Waals surface area contributed by atoms with Gasteiger partial charge in [0.1, 0.15) is 5.82 Å². The molecule has 1 atom stereocenters. The van der Waals surface area contributed by atoms with Gasteiger partial charge in [-0.25, -0.2) is 4.98 Å². The molecule has 5 rings (SSSR count). The molecule has 8 heteroatoms. The summed E-state index contributed by atoms with van der Waals surface area (Å²) in [4.78, 5) is 24.6. The Morgan fingerprint density at radius 1 is 1.00 bits per heavy atom. The fourth-order valence-corrected chi connectivity index (χ4v) is 4.71. The lowest BCUT2D eigenvalue weighted by atomic mass is 10.1. The second kappa shape index (κ2) is 9.95. The average molecular weight is 511 g/mol. The summed E-state index contributed by atoms with van der Waals surface area (Å²) in [5.41, 5.74) is 10.1. The summed E-state index contributed by atoms with van der Waals surface area (Å²) in [6.07, 6.45) is 1.72. The summed E-state index contributed by atoms with van der Waals surface area (Å²) in [6, 6.07) is 24.8. The molecule has 7 nitrogen and oxygen atoms in total. The van der Waals surface area contributed by atoms with Gasteiger partial charge in [0.05, 0.1) is 16.5 Å². The molecule has 0 aliphatic heterocycles. The number of benzene rings is 3. The van der Waals surface area contributed by atoms with Crippen LogP contribution in [-0.2, 0) is 0 Å². The lowest BCUT2D eigenvalue weighted by Crippen LogP contribution is -2.26. The maximum absolute atomic E-state index is 13.8. The van der Waals surface area contributed by atoms with Crippen LogP contribution < -0.4 is 21.5 Å². The van der Waals surface area contributed by atoms with E-state index in [1.807, 2.05) is 92.6 Å². The standard InChI is InChI=1S/C29H27ClN6O/c1-18(33-27-23(17-32-29(31)34-27)19-9-7-13-22(15-19)35(2)3)25-16-20-10-8-14-24(30)26(20)28(37)36(25)21-11-5-4-6-12-21/h4-18H,1-3H3,(H3,31,32,33,34)/t18-/m0/s1. The molecular formula is C29H27ClN6O. The second-order valence-corrected chi connectivity index (χ2v) is 9.46. The van der Waals surface area contributed by atoms with Crippen molar-refractivity contribution in [2.24, 2.45) is 0 Å². The van der Waals surface area contributed by atoms with Gasteiger partial charge in [0.25, 0.3) is 5.56 Å². The molecule has 3 aromatic carbocycles. The number of hydrogen-bond acceptors (Lipinski definition) is 6. The van der Waals surface area contributed by atoms with Crippen molar-refractivity contribution in [1.29, 1.82) is 0 Å². The third kappa shape index (κ3) is 4.73. The fraction of sp³-hybridized carbons (Fsp3) is 0.138. The van der Waals surface area contributed by atoms with Crippen molar-refractivity contribution in [3.8, 4) is 16.8 Å². The molecule has 0 spiro atoms. The Hall–Kier alpha value is -4.36. The van der Waals surface area contributed by atoms with Crippen LogP contribution in [0, 0.1) is 0 Å². The van der Waals surface area contributed by atoms with Crippen LogP contribution in [-0.4, -0.2) is 28.6 Å². The van der Waals surface area contributed by atoms with E-state index >= 15 is 0 Å². The summed E-state index contributed by atoms with van der Waals surface area (Å²) in [6.45, 7) is 1.99. The van der Waals surface area contributed by atoms with Gasteiger partial charge in [-0.2, -0.15) is 4.98 Å². The van der Waals surface area contributed by atoms with Crippen LogP contribution in [0.2, 0.25) is 5.02 Å². The molecule has 0 aliphatic rings. The van der Waals surface area contributed by atoms with E-state index in [-0.39, 0.29) is 17.5 Å². The summed E-state index contributed by atoms with van der Waals surface area (Å²) >= 11 is 6.46. The van der Waals surface area contributed by atoms with E-state index in [1.165, 1.54) is 0 Å². The van der Waals surface area contributed by atoms with Crippen LogP contribution in [0.15, 0.2) is 89.9 Å². The first-order valence-corrected chi connectivity index (χ1v) is 12.3. The topological polar surface area (TPSA) is 89.1 Å². The highest BCUT2D eigenvalue weighted by molar-refractivity contribution is 6.35. The van der Waals surface area contributed by atoms with E-state index in [0.29, 0.717) is 16.2 Å². The number of hydrogen-bond donors (Lipinski definition) is 2. The molecule has 0 fully saturated rings. The minimum absolute atomic E-state index is 0.160. The monoisotopic (exact) mass is 510 g/mol. The number of rotatable bonds is 6. The van der Waals surface area contributed by atoms with Crippen molar-refractivity contribution in [2.75, 3.05) is 30.0 Å². The molecular weight excluding hydrogens is 484 g/mol. The Kier molecular flexibility index (Phi) is 6.54. The molecule has 0 aliphatic carbocycles. The van der Waals surface area contributed by atoms with Crippen LogP contribution in [0.5, 0.6) is 0 Å². The van der Waals surface area contributed by atoms with Crippen LogP contribution in [0.1, 0.15) is 18.7 Å². The van der Waals surface area contributed by atoms with Gasteiger partial charge in [0.15, 0.2) is 0 Å². The normalized spacial score (nSPS) is 11.9. The molecule has 0 bridgehead atoms. The van der Waals surface area contributed by atoms with Crippen LogP contribution >= 0.6 is 11.6 Å². The van der Waals surface area contributed by atoms with Gasteiger partial charge in [-0.05, 0) is 54.3 Å². The molecule has 3 N–H and O–H groups in total. The molecule has 37 heavy (non-hydrogen) atoms. The third-order valence-corrected chi connectivity index (χ3v) is 6.63. The number of nitrogen functional groups attached to an aromatic ring is 1. The molecule has 2 heterocycles. The second-order valence-electron chi connectivity index (χ2n) is 9.05. The average Bonchev–Trinajstić information content (AvgIpc) is 2.89. The Bertz CT molecular complexity index is 1650. The van der Waals surface area contributed by atoms with Gasteiger partial charge in [0.2, 0.25) is 5.95 Å². The smallest absolute Gasteiger partial charge is 0.264 e. The van der Waals surface area contributed by atoms with Crippen LogP contribution in [0.4, 0.5) is 17.5 Å². The summed E-state index contributed by atoms with van der Waals surface area (Å²) < 4.78 is 1.70. The number of halogens is 1. The maximum Gasteiger partial charge on any atom is 0.264 e. The highest BCUT2D eigenvalue weighted by atomic mass is 35.5. The predicted molar refractivity (Wildman–Crippen MR) is 153 cm³/mol. The van der Waals surface area contributed by atoms with E-state index in [9.17, 15) is 4.79 Å². The van der Waals surface area contributed by atoms with Gasteiger partial charge in [0, 0.05) is 42.9 Å². The zero-order chi connectivity index (χ0) is 26.1. The largest absolute Gasteiger partial charge is 0.378 e. The lowest BCUT2D eigenvalue weighted by molar-refractivity contribution is 0.773. The number of aromatic nitrogens is 3.